The number of aromatic nitrogens is 1. The molecule has 0 radical (unpaired) electrons. The SMILES string of the molecule is NC(Cc1ccccc1)C(O)c1ccc2ccccc2n1. The third-order valence-electron chi connectivity index (χ3n) is 3.64. The lowest BCUT2D eigenvalue weighted by Gasteiger charge is -2.18. The van der Waals surface area contributed by atoms with Crippen LogP contribution in [0.1, 0.15) is 17.4 Å². The van der Waals surface area contributed by atoms with Crippen molar-refractivity contribution < 1.29 is 5.11 Å². The quantitative estimate of drug-likeness (QED) is 0.771. The third kappa shape index (κ3) is 3.10. The molecule has 0 fully saturated rings. The molecule has 3 heteroatoms. The highest BCUT2D eigenvalue weighted by molar-refractivity contribution is 5.78. The topological polar surface area (TPSA) is 59.1 Å². The van der Waals surface area contributed by atoms with E-state index in [2.05, 4.69) is 4.98 Å². The second kappa shape index (κ2) is 6.04. The van der Waals surface area contributed by atoms with Crippen LogP contribution in [0, 0.1) is 0 Å². The first-order valence-electron chi connectivity index (χ1n) is 7.07. The van der Waals surface area contributed by atoms with E-state index >= 15 is 0 Å². The number of rotatable bonds is 4. The molecule has 106 valence electrons. The maximum absolute atomic E-state index is 10.4. The average Bonchev–Trinajstić information content (AvgIpc) is 2.54. The lowest BCUT2D eigenvalue weighted by Crippen LogP contribution is -2.31. The van der Waals surface area contributed by atoms with Crippen LogP contribution in [0.4, 0.5) is 0 Å². The highest BCUT2D eigenvalue weighted by atomic mass is 16.3. The minimum atomic E-state index is -0.769. The monoisotopic (exact) mass is 278 g/mol. The molecule has 3 N–H and O–H groups in total. The average molecular weight is 278 g/mol. The molecule has 2 aromatic carbocycles. The van der Waals surface area contributed by atoms with Crippen LogP contribution in [0.15, 0.2) is 66.7 Å². The van der Waals surface area contributed by atoms with Gasteiger partial charge in [-0.05, 0) is 24.1 Å². The Morgan fingerprint density at radius 1 is 0.905 bits per heavy atom. The van der Waals surface area contributed by atoms with Crippen LogP contribution in [0.2, 0.25) is 0 Å². The molecule has 0 aliphatic rings. The Morgan fingerprint density at radius 2 is 1.62 bits per heavy atom. The zero-order chi connectivity index (χ0) is 14.7. The van der Waals surface area contributed by atoms with Crippen molar-refractivity contribution in [3.8, 4) is 0 Å². The lowest BCUT2D eigenvalue weighted by atomic mass is 9.99. The molecule has 1 heterocycles. The first kappa shape index (κ1) is 13.7. The van der Waals surface area contributed by atoms with Gasteiger partial charge in [0.25, 0.3) is 0 Å². The standard InChI is InChI=1S/C18H18N2O/c19-15(12-13-6-2-1-3-7-13)18(21)17-11-10-14-8-4-5-9-16(14)20-17/h1-11,15,18,21H,12,19H2. The zero-order valence-corrected chi connectivity index (χ0v) is 11.7. The Hall–Kier alpha value is -2.23. The molecule has 0 amide bonds. The molecule has 0 saturated carbocycles. The van der Waals surface area contributed by atoms with Gasteiger partial charge in [0.15, 0.2) is 0 Å². The molecule has 3 aromatic rings. The number of nitrogens with two attached hydrogens (primary N) is 1. The number of aliphatic hydroxyl groups is 1. The highest BCUT2D eigenvalue weighted by Gasteiger charge is 2.18. The molecule has 21 heavy (non-hydrogen) atoms. The van der Waals surface area contributed by atoms with Gasteiger partial charge in [-0.1, -0.05) is 54.6 Å². The Morgan fingerprint density at radius 3 is 2.43 bits per heavy atom. The van der Waals surface area contributed by atoms with E-state index in [1.54, 1.807) is 0 Å². The van der Waals surface area contributed by atoms with Gasteiger partial charge in [-0.3, -0.25) is 4.98 Å². The van der Waals surface area contributed by atoms with Gasteiger partial charge in [-0.2, -0.15) is 0 Å². The van der Waals surface area contributed by atoms with Crippen molar-refractivity contribution in [3.63, 3.8) is 0 Å². The number of hydrogen-bond acceptors (Lipinski definition) is 3. The summed E-state index contributed by atoms with van der Waals surface area (Å²) in [6, 6.07) is 21.2. The van der Waals surface area contributed by atoms with Crippen LogP contribution >= 0.6 is 0 Å². The van der Waals surface area contributed by atoms with Crippen molar-refractivity contribution in [2.24, 2.45) is 5.73 Å². The number of nitrogens with zero attached hydrogens (tertiary/aromatic N) is 1. The molecule has 2 atom stereocenters. The number of para-hydroxylation sites is 1. The van der Waals surface area contributed by atoms with Gasteiger partial charge in [0, 0.05) is 11.4 Å². The second-order valence-electron chi connectivity index (χ2n) is 5.23. The van der Waals surface area contributed by atoms with Crippen molar-refractivity contribution in [2.45, 2.75) is 18.6 Å². The summed E-state index contributed by atoms with van der Waals surface area (Å²) in [6.45, 7) is 0. The Balaban J connectivity index is 1.80. The lowest BCUT2D eigenvalue weighted by molar-refractivity contribution is 0.142. The number of hydrogen-bond donors (Lipinski definition) is 2. The normalized spacial score (nSPS) is 14.0. The number of aliphatic hydroxyl groups excluding tert-OH is 1. The molecular weight excluding hydrogens is 260 g/mol. The van der Waals surface area contributed by atoms with E-state index in [4.69, 9.17) is 5.73 Å². The fraction of sp³-hybridized carbons (Fsp3) is 0.167. The fourth-order valence-electron chi connectivity index (χ4n) is 2.46. The van der Waals surface area contributed by atoms with Crippen molar-refractivity contribution in [1.82, 2.24) is 4.98 Å². The number of pyridine rings is 1. The second-order valence-corrected chi connectivity index (χ2v) is 5.23. The first-order valence-corrected chi connectivity index (χ1v) is 7.07. The molecule has 0 spiro atoms. The van der Waals surface area contributed by atoms with Crippen molar-refractivity contribution in [1.29, 1.82) is 0 Å². The maximum atomic E-state index is 10.4. The van der Waals surface area contributed by atoms with Crippen LogP contribution < -0.4 is 5.73 Å². The summed E-state index contributed by atoms with van der Waals surface area (Å²) < 4.78 is 0. The van der Waals surface area contributed by atoms with Crippen LogP contribution in [0.3, 0.4) is 0 Å². The number of fused-ring (bicyclic) bond motifs is 1. The summed E-state index contributed by atoms with van der Waals surface area (Å²) in [6.07, 6.45) is -0.147. The zero-order valence-electron chi connectivity index (χ0n) is 11.7. The molecule has 2 unspecified atom stereocenters. The van der Waals surface area contributed by atoms with E-state index in [1.165, 1.54) is 0 Å². The summed E-state index contributed by atoms with van der Waals surface area (Å²) in [5.74, 6) is 0. The van der Waals surface area contributed by atoms with Gasteiger partial charge in [0.1, 0.15) is 6.10 Å². The van der Waals surface area contributed by atoms with Crippen LogP contribution in [0.25, 0.3) is 10.9 Å². The Labute approximate surface area is 124 Å². The van der Waals surface area contributed by atoms with Gasteiger partial charge in [0.05, 0.1) is 11.2 Å². The van der Waals surface area contributed by atoms with E-state index in [1.807, 2.05) is 66.7 Å². The van der Waals surface area contributed by atoms with E-state index in [9.17, 15) is 5.11 Å². The predicted octanol–water partition coefficient (Wildman–Crippen LogP) is 2.84. The van der Waals surface area contributed by atoms with E-state index < -0.39 is 6.10 Å². The molecule has 0 saturated heterocycles. The fourth-order valence-corrected chi connectivity index (χ4v) is 2.46. The predicted molar refractivity (Wildman–Crippen MR) is 84.8 cm³/mol. The highest BCUT2D eigenvalue weighted by Crippen LogP contribution is 2.20. The van der Waals surface area contributed by atoms with Crippen molar-refractivity contribution in [3.05, 3.63) is 78.0 Å². The van der Waals surface area contributed by atoms with Crippen LogP contribution in [-0.4, -0.2) is 16.1 Å². The third-order valence-corrected chi connectivity index (χ3v) is 3.64. The molecule has 0 aliphatic carbocycles. The summed E-state index contributed by atoms with van der Waals surface area (Å²) in [4.78, 5) is 4.51. The summed E-state index contributed by atoms with van der Waals surface area (Å²) in [5.41, 5.74) is 8.75. The summed E-state index contributed by atoms with van der Waals surface area (Å²) >= 11 is 0. The molecule has 3 rings (SSSR count). The molecular formula is C18H18N2O. The Kier molecular flexibility index (Phi) is 3.95. The van der Waals surface area contributed by atoms with Gasteiger partial charge in [0.2, 0.25) is 0 Å². The summed E-state index contributed by atoms with van der Waals surface area (Å²) in [7, 11) is 0. The van der Waals surface area contributed by atoms with Crippen molar-refractivity contribution >= 4 is 10.9 Å². The minimum Gasteiger partial charge on any atom is -0.385 e. The molecule has 3 nitrogen and oxygen atoms in total. The molecule has 0 aliphatic heterocycles. The van der Waals surface area contributed by atoms with E-state index in [-0.39, 0.29) is 6.04 Å². The van der Waals surface area contributed by atoms with Gasteiger partial charge >= 0.3 is 0 Å². The first-order chi connectivity index (χ1) is 10.2. The smallest absolute Gasteiger partial charge is 0.111 e. The molecule has 1 aromatic heterocycles. The van der Waals surface area contributed by atoms with Crippen LogP contribution in [-0.2, 0) is 6.42 Å². The van der Waals surface area contributed by atoms with Gasteiger partial charge < -0.3 is 10.8 Å². The Bertz CT molecular complexity index is 727. The van der Waals surface area contributed by atoms with E-state index in [0.29, 0.717) is 12.1 Å². The van der Waals surface area contributed by atoms with Gasteiger partial charge in [-0.15, -0.1) is 0 Å². The molecule has 0 bridgehead atoms. The maximum Gasteiger partial charge on any atom is 0.111 e. The van der Waals surface area contributed by atoms with Crippen molar-refractivity contribution in [2.75, 3.05) is 0 Å². The largest absolute Gasteiger partial charge is 0.385 e. The number of benzene rings is 2. The summed E-state index contributed by atoms with van der Waals surface area (Å²) in [5, 5.41) is 11.5. The van der Waals surface area contributed by atoms with Crippen LogP contribution in [0.5, 0.6) is 0 Å². The van der Waals surface area contributed by atoms with Gasteiger partial charge in [-0.25, -0.2) is 0 Å². The minimum absolute atomic E-state index is 0.374. The van der Waals surface area contributed by atoms with E-state index in [0.717, 1.165) is 16.5 Å².